The molecule has 4 rings (SSSR count). The predicted octanol–water partition coefficient (Wildman–Crippen LogP) is 1.21. The molecule has 1 aliphatic rings. The molecule has 0 unspecified atom stereocenters. The maximum absolute atomic E-state index is 12.6. The van der Waals surface area contributed by atoms with Crippen LogP contribution in [-0.2, 0) is 17.8 Å². The molecule has 9 nitrogen and oxygen atoms in total. The summed E-state index contributed by atoms with van der Waals surface area (Å²) in [6.45, 7) is 1.30. The monoisotopic (exact) mass is 370 g/mol. The number of fused-ring (bicyclic) bond motifs is 1. The van der Waals surface area contributed by atoms with E-state index in [4.69, 9.17) is 0 Å². The van der Waals surface area contributed by atoms with Gasteiger partial charge in [-0.2, -0.15) is 0 Å². The Hall–Kier alpha value is -2.75. The minimum Gasteiger partial charge on any atom is -0.355 e. The number of hydrogen-bond acceptors (Lipinski definition) is 8. The van der Waals surface area contributed by atoms with Gasteiger partial charge in [0.15, 0.2) is 16.7 Å². The van der Waals surface area contributed by atoms with Crippen molar-refractivity contribution in [2.75, 3.05) is 6.54 Å². The van der Waals surface area contributed by atoms with Gasteiger partial charge in [-0.3, -0.25) is 4.79 Å². The molecule has 1 amide bonds. The number of carbonyl (C=O) groups excluding carboxylic acids is 1. The average Bonchev–Trinajstić information content (AvgIpc) is 3.28. The van der Waals surface area contributed by atoms with Crippen molar-refractivity contribution in [1.82, 2.24) is 40.5 Å². The van der Waals surface area contributed by atoms with Crippen molar-refractivity contribution in [2.24, 2.45) is 0 Å². The van der Waals surface area contributed by atoms with Gasteiger partial charge in [0.2, 0.25) is 5.91 Å². The van der Waals surface area contributed by atoms with E-state index in [1.807, 2.05) is 5.38 Å². The van der Waals surface area contributed by atoms with E-state index >= 15 is 0 Å². The fourth-order valence-corrected chi connectivity index (χ4v) is 3.78. The Kier molecular flexibility index (Phi) is 4.91. The van der Waals surface area contributed by atoms with Gasteiger partial charge in [-0.25, -0.2) is 19.6 Å². The van der Waals surface area contributed by atoms with E-state index < -0.39 is 0 Å². The number of nitrogens with one attached hydrogen (secondary N) is 1. The molecular weight excluding hydrogens is 352 g/mol. The van der Waals surface area contributed by atoms with Crippen LogP contribution in [0.5, 0.6) is 0 Å². The SMILES string of the molecule is O=C(NCCc1csc(-c2ncccn2)n1)[C@H]1CCCCn2nnnc21. The van der Waals surface area contributed by atoms with E-state index in [9.17, 15) is 4.79 Å². The summed E-state index contributed by atoms with van der Waals surface area (Å²) in [5.74, 6) is 0.983. The van der Waals surface area contributed by atoms with Gasteiger partial charge >= 0.3 is 0 Å². The highest BCUT2D eigenvalue weighted by atomic mass is 32.1. The third-order valence-corrected chi connectivity index (χ3v) is 5.18. The predicted molar refractivity (Wildman–Crippen MR) is 94.3 cm³/mol. The highest BCUT2D eigenvalue weighted by Gasteiger charge is 2.28. The van der Waals surface area contributed by atoms with Gasteiger partial charge in [-0.05, 0) is 29.3 Å². The molecule has 0 saturated heterocycles. The number of aryl methyl sites for hydroxylation is 1. The highest BCUT2D eigenvalue weighted by Crippen LogP contribution is 2.24. The Morgan fingerprint density at radius 1 is 1.31 bits per heavy atom. The topological polar surface area (TPSA) is 111 Å². The second kappa shape index (κ2) is 7.65. The maximum atomic E-state index is 12.6. The van der Waals surface area contributed by atoms with Crippen LogP contribution >= 0.6 is 11.3 Å². The third kappa shape index (κ3) is 3.59. The molecule has 0 radical (unpaired) electrons. The van der Waals surface area contributed by atoms with Crippen LogP contribution in [-0.4, -0.2) is 47.6 Å². The van der Waals surface area contributed by atoms with E-state index in [0.29, 0.717) is 24.6 Å². The lowest BCUT2D eigenvalue weighted by Gasteiger charge is -2.12. The van der Waals surface area contributed by atoms with Crippen LogP contribution in [0.15, 0.2) is 23.8 Å². The van der Waals surface area contributed by atoms with Crippen molar-refractivity contribution in [3.05, 3.63) is 35.4 Å². The standard InChI is InChI=1S/C16H18N8OS/c25-15(12-4-1-2-9-24-14(12)21-22-23-24)19-8-5-11-10-26-16(20-11)13-17-6-3-7-18-13/h3,6-7,10,12H,1-2,4-5,8-9H2,(H,19,25)/t12-/m0/s1. The van der Waals surface area contributed by atoms with Gasteiger partial charge in [0.1, 0.15) is 0 Å². The zero-order valence-electron chi connectivity index (χ0n) is 14.1. The molecule has 0 fully saturated rings. The lowest BCUT2D eigenvalue weighted by Crippen LogP contribution is -2.32. The molecule has 26 heavy (non-hydrogen) atoms. The third-order valence-electron chi connectivity index (χ3n) is 4.29. The van der Waals surface area contributed by atoms with E-state index in [2.05, 4.69) is 35.8 Å². The zero-order chi connectivity index (χ0) is 17.8. The van der Waals surface area contributed by atoms with E-state index in [1.165, 1.54) is 11.3 Å². The smallest absolute Gasteiger partial charge is 0.230 e. The van der Waals surface area contributed by atoms with Crippen molar-refractivity contribution >= 4 is 17.2 Å². The lowest BCUT2D eigenvalue weighted by molar-refractivity contribution is -0.122. The average molecular weight is 370 g/mol. The molecule has 1 N–H and O–H groups in total. The molecule has 0 spiro atoms. The summed E-state index contributed by atoms with van der Waals surface area (Å²) in [5.41, 5.74) is 0.920. The van der Waals surface area contributed by atoms with Gasteiger partial charge in [-0.15, -0.1) is 16.4 Å². The summed E-state index contributed by atoms with van der Waals surface area (Å²) in [5, 5.41) is 17.5. The molecule has 3 aromatic rings. The number of thiazole rings is 1. The molecule has 134 valence electrons. The fourth-order valence-electron chi connectivity index (χ4n) is 2.98. The van der Waals surface area contributed by atoms with Crippen molar-refractivity contribution in [2.45, 2.75) is 38.1 Å². The van der Waals surface area contributed by atoms with Crippen LogP contribution < -0.4 is 5.32 Å². The summed E-state index contributed by atoms with van der Waals surface area (Å²) in [7, 11) is 0. The molecule has 3 aromatic heterocycles. The summed E-state index contributed by atoms with van der Waals surface area (Å²) in [6.07, 6.45) is 6.81. The quantitative estimate of drug-likeness (QED) is 0.718. The van der Waals surface area contributed by atoms with E-state index in [0.717, 1.165) is 36.5 Å². The van der Waals surface area contributed by atoms with Gasteiger partial charge in [0, 0.05) is 37.3 Å². The minimum absolute atomic E-state index is 0.0233. The van der Waals surface area contributed by atoms with Crippen molar-refractivity contribution in [3.63, 3.8) is 0 Å². The molecule has 1 atom stereocenters. The maximum Gasteiger partial charge on any atom is 0.230 e. The lowest BCUT2D eigenvalue weighted by atomic mass is 10.0. The molecule has 0 aliphatic carbocycles. The summed E-state index contributed by atoms with van der Waals surface area (Å²) in [4.78, 5) is 25.5. The summed E-state index contributed by atoms with van der Waals surface area (Å²) in [6, 6.07) is 1.78. The number of carbonyl (C=O) groups is 1. The Morgan fingerprint density at radius 2 is 2.19 bits per heavy atom. The first-order valence-electron chi connectivity index (χ1n) is 8.57. The van der Waals surface area contributed by atoms with Crippen molar-refractivity contribution in [3.8, 4) is 10.8 Å². The number of nitrogens with zero attached hydrogens (tertiary/aromatic N) is 7. The van der Waals surface area contributed by atoms with Crippen LogP contribution in [0, 0.1) is 0 Å². The first-order chi connectivity index (χ1) is 12.8. The summed E-state index contributed by atoms with van der Waals surface area (Å²) < 4.78 is 1.74. The normalized spacial score (nSPS) is 16.7. The Labute approximate surface area is 153 Å². The van der Waals surface area contributed by atoms with Gasteiger partial charge in [0.25, 0.3) is 0 Å². The minimum atomic E-state index is -0.281. The largest absolute Gasteiger partial charge is 0.355 e. The molecule has 4 heterocycles. The van der Waals surface area contributed by atoms with Crippen LogP contribution in [0.2, 0.25) is 0 Å². The molecule has 1 aliphatic heterocycles. The molecule has 0 bridgehead atoms. The zero-order valence-corrected chi connectivity index (χ0v) is 14.9. The number of aromatic nitrogens is 7. The first-order valence-corrected chi connectivity index (χ1v) is 9.45. The Balaban J connectivity index is 1.34. The number of amides is 1. The van der Waals surface area contributed by atoms with Crippen LogP contribution in [0.1, 0.15) is 36.7 Å². The van der Waals surface area contributed by atoms with Gasteiger partial charge in [-0.1, -0.05) is 6.42 Å². The molecule has 0 saturated carbocycles. The summed E-state index contributed by atoms with van der Waals surface area (Å²) >= 11 is 1.51. The number of hydrogen-bond donors (Lipinski definition) is 1. The fraction of sp³-hybridized carbons (Fsp3) is 0.438. The van der Waals surface area contributed by atoms with Crippen molar-refractivity contribution in [1.29, 1.82) is 0 Å². The van der Waals surface area contributed by atoms with E-state index in [1.54, 1.807) is 23.1 Å². The van der Waals surface area contributed by atoms with Crippen molar-refractivity contribution < 1.29 is 4.79 Å². The van der Waals surface area contributed by atoms with Gasteiger partial charge in [0.05, 0.1) is 11.6 Å². The molecular formula is C16H18N8OS. The second-order valence-corrected chi connectivity index (χ2v) is 6.92. The number of rotatable bonds is 5. The molecule has 10 heteroatoms. The molecule has 0 aromatic carbocycles. The van der Waals surface area contributed by atoms with Crippen LogP contribution in [0.3, 0.4) is 0 Å². The number of tetrazole rings is 1. The first kappa shape index (κ1) is 16.7. The second-order valence-electron chi connectivity index (χ2n) is 6.07. The van der Waals surface area contributed by atoms with E-state index in [-0.39, 0.29) is 11.8 Å². The van der Waals surface area contributed by atoms with Gasteiger partial charge < -0.3 is 5.32 Å². The van der Waals surface area contributed by atoms with Crippen LogP contribution in [0.25, 0.3) is 10.8 Å². The highest BCUT2D eigenvalue weighted by molar-refractivity contribution is 7.13. The Bertz CT molecular complexity index is 877. The Morgan fingerprint density at radius 3 is 3.08 bits per heavy atom. The van der Waals surface area contributed by atoms with Crippen LogP contribution in [0.4, 0.5) is 0 Å².